The van der Waals surface area contributed by atoms with Gasteiger partial charge in [-0.05, 0) is 37.1 Å². The number of hydrogen-bond acceptors (Lipinski definition) is 3. The van der Waals surface area contributed by atoms with Crippen molar-refractivity contribution in [2.45, 2.75) is 32.7 Å². The Kier molecular flexibility index (Phi) is 4.97. The van der Waals surface area contributed by atoms with Crippen molar-refractivity contribution < 1.29 is 9.53 Å². The Morgan fingerprint density at radius 1 is 1.53 bits per heavy atom. The summed E-state index contributed by atoms with van der Waals surface area (Å²) < 4.78 is 5.10. The standard InChI is InChI=1S/C13H20N2O2/c1-4-5-11(14)13(16)15-12-7-6-10(17-3)8-9(12)2/h6-8,11H,4-5,14H2,1-3H3,(H,15,16)/t11-/m0/s1. The summed E-state index contributed by atoms with van der Waals surface area (Å²) in [6, 6.07) is 5.07. The predicted octanol–water partition coefficient (Wildman–Crippen LogP) is 2.07. The lowest BCUT2D eigenvalue weighted by molar-refractivity contribution is -0.117. The van der Waals surface area contributed by atoms with Crippen LogP contribution < -0.4 is 15.8 Å². The van der Waals surface area contributed by atoms with Crippen molar-refractivity contribution in [3.05, 3.63) is 23.8 Å². The number of methoxy groups -OCH3 is 1. The molecule has 3 N–H and O–H groups in total. The number of rotatable bonds is 5. The summed E-state index contributed by atoms with van der Waals surface area (Å²) in [5.74, 6) is 0.637. The molecule has 1 aromatic rings. The van der Waals surface area contributed by atoms with E-state index in [2.05, 4.69) is 5.32 Å². The van der Waals surface area contributed by atoms with Crippen LogP contribution in [0.2, 0.25) is 0 Å². The fraction of sp³-hybridized carbons (Fsp3) is 0.462. The molecular formula is C13H20N2O2. The van der Waals surface area contributed by atoms with Gasteiger partial charge in [-0.15, -0.1) is 0 Å². The Bertz CT molecular complexity index is 391. The molecule has 94 valence electrons. The highest BCUT2D eigenvalue weighted by molar-refractivity contribution is 5.95. The van der Waals surface area contributed by atoms with Crippen molar-refractivity contribution in [2.75, 3.05) is 12.4 Å². The first kappa shape index (κ1) is 13.5. The summed E-state index contributed by atoms with van der Waals surface area (Å²) in [5.41, 5.74) is 7.48. The van der Waals surface area contributed by atoms with Gasteiger partial charge in [0.15, 0.2) is 0 Å². The number of carbonyl (C=O) groups is 1. The van der Waals surface area contributed by atoms with Crippen LogP contribution in [0.25, 0.3) is 0 Å². The van der Waals surface area contributed by atoms with E-state index in [9.17, 15) is 4.79 Å². The van der Waals surface area contributed by atoms with Crippen LogP contribution >= 0.6 is 0 Å². The van der Waals surface area contributed by atoms with Crippen molar-refractivity contribution >= 4 is 11.6 Å². The largest absolute Gasteiger partial charge is 0.497 e. The summed E-state index contributed by atoms with van der Waals surface area (Å²) >= 11 is 0. The number of ether oxygens (including phenoxy) is 1. The first-order valence-corrected chi connectivity index (χ1v) is 5.79. The van der Waals surface area contributed by atoms with Crippen LogP contribution in [0.15, 0.2) is 18.2 Å². The van der Waals surface area contributed by atoms with Crippen molar-refractivity contribution in [2.24, 2.45) is 5.73 Å². The van der Waals surface area contributed by atoms with Gasteiger partial charge >= 0.3 is 0 Å². The molecule has 17 heavy (non-hydrogen) atoms. The van der Waals surface area contributed by atoms with Gasteiger partial charge in [-0.1, -0.05) is 13.3 Å². The molecule has 1 atom stereocenters. The maximum absolute atomic E-state index is 11.7. The summed E-state index contributed by atoms with van der Waals surface area (Å²) in [6.45, 7) is 3.93. The zero-order valence-electron chi connectivity index (χ0n) is 10.6. The van der Waals surface area contributed by atoms with Gasteiger partial charge in [0.2, 0.25) is 5.91 Å². The highest BCUT2D eigenvalue weighted by Gasteiger charge is 2.13. The van der Waals surface area contributed by atoms with E-state index in [1.54, 1.807) is 7.11 Å². The van der Waals surface area contributed by atoms with Gasteiger partial charge in [-0.3, -0.25) is 4.79 Å². The van der Waals surface area contributed by atoms with Gasteiger partial charge in [0.25, 0.3) is 0 Å². The second kappa shape index (κ2) is 6.25. The van der Waals surface area contributed by atoms with E-state index in [1.165, 1.54) is 0 Å². The molecule has 4 heteroatoms. The van der Waals surface area contributed by atoms with Gasteiger partial charge in [0.05, 0.1) is 13.2 Å². The van der Waals surface area contributed by atoms with Crippen molar-refractivity contribution in [1.29, 1.82) is 0 Å². The lowest BCUT2D eigenvalue weighted by Gasteiger charge is -2.13. The zero-order chi connectivity index (χ0) is 12.8. The first-order valence-electron chi connectivity index (χ1n) is 5.79. The molecule has 0 radical (unpaired) electrons. The van der Waals surface area contributed by atoms with E-state index in [1.807, 2.05) is 32.0 Å². The second-order valence-corrected chi connectivity index (χ2v) is 4.07. The Hall–Kier alpha value is -1.55. The van der Waals surface area contributed by atoms with Crippen molar-refractivity contribution in [3.63, 3.8) is 0 Å². The van der Waals surface area contributed by atoms with Crippen molar-refractivity contribution in [1.82, 2.24) is 0 Å². The minimum atomic E-state index is -0.443. The number of amides is 1. The highest BCUT2D eigenvalue weighted by Crippen LogP contribution is 2.21. The third-order valence-electron chi connectivity index (χ3n) is 2.63. The SMILES string of the molecule is CCC[C@H](N)C(=O)Nc1ccc(OC)cc1C. The molecule has 0 aliphatic carbocycles. The highest BCUT2D eigenvalue weighted by atomic mass is 16.5. The van der Waals surface area contributed by atoms with Crippen LogP contribution in [-0.4, -0.2) is 19.1 Å². The normalized spacial score (nSPS) is 12.0. The molecule has 0 saturated carbocycles. The minimum absolute atomic E-state index is 0.139. The third kappa shape index (κ3) is 3.75. The lowest BCUT2D eigenvalue weighted by atomic mass is 10.1. The number of nitrogens with one attached hydrogen (secondary N) is 1. The number of nitrogens with two attached hydrogens (primary N) is 1. The van der Waals surface area contributed by atoms with Crippen LogP contribution in [0.3, 0.4) is 0 Å². The molecule has 1 aromatic carbocycles. The molecule has 4 nitrogen and oxygen atoms in total. The molecule has 0 aromatic heterocycles. The van der Waals surface area contributed by atoms with Gasteiger partial charge in [0, 0.05) is 5.69 Å². The van der Waals surface area contributed by atoms with Crippen LogP contribution in [0.4, 0.5) is 5.69 Å². The Balaban J connectivity index is 2.71. The second-order valence-electron chi connectivity index (χ2n) is 4.07. The third-order valence-corrected chi connectivity index (χ3v) is 2.63. The van der Waals surface area contributed by atoms with E-state index in [0.717, 1.165) is 23.4 Å². The van der Waals surface area contributed by atoms with E-state index in [0.29, 0.717) is 6.42 Å². The molecule has 0 aliphatic heterocycles. The summed E-state index contributed by atoms with van der Waals surface area (Å²) in [6.07, 6.45) is 1.59. The molecule has 0 saturated heterocycles. The van der Waals surface area contributed by atoms with Gasteiger partial charge < -0.3 is 15.8 Å². The van der Waals surface area contributed by atoms with Gasteiger partial charge in [-0.2, -0.15) is 0 Å². The van der Waals surface area contributed by atoms with Crippen LogP contribution in [-0.2, 0) is 4.79 Å². The minimum Gasteiger partial charge on any atom is -0.497 e. The van der Waals surface area contributed by atoms with Crippen molar-refractivity contribution in [3.8, 4) is 5.75 Å². The molecule has 0 fully saturated rings. The van der Waals surface area contributed by atoms with E-state index < -0.39 is 6.04 Å². The molecule has 0 unspecified atom stereocenters. The molecule has 1 amide bonds. The summed E-state index contributed by atoms with van der Waals surface area (Å²) in [5, 5.41) is 2.83. The smallest absolute Gasteiger partial charge is 0.241 e. The van der Waals surface area contributed by atoms with E-state index in [-0.39, 0.29) is 5.91 Å². The zero-order valence-corrected chi connectivity index (χ0v) is 10.6. The van der Waals surface area contributed by atoms with E-state index in [4.69, 9.17) is 10.5 Å². The molecule has 1 rings (SSSR count). The Morgan fingerprint density at radius 2 is 2.24 bits per heavy atom. The number of aryl methyl sites for hydroxylation is 1. The van der Waals surface area contributed by atoms with Crippen LogP contribution in [0.5, 0.6) is 5.75 Å². The topological polar surface area (TPSA) is 64.4 Å². The Morgan fingerprint density at radius 3 is 2.76 bits per heavy atom. The van der Waals surface area contributed by atoms with Crippen LogP contribution in [0.1, 0.15) is 25.3 Å². The van der Waals surface area contributed by atoms with Gasteiger partial charge in [0.1, 0.15) is 5.75 Å². The predicted molar refractivity (Wildman–Crippen MR) is 69.2 cm³/mol. The fourth-order valence-electron chi connectivity index (χ4n) is 1.57. The first-order chi connectivity index (χ1) is 8.08. The maximum Gasteiger partial charge on any atom is 0.241 e. The fourth-order valence-corrected chi connectivity index (χ4v) is 1.57. The molecule has 0 bridgehead atoms. The average Bonchev–Trinajstić information content (AvgIpc) is 2.31. The quantitative estimate of drug-likeness (QED) is 0.822. The molecule has 0 heterocycles. The lowest BCUT2D eigenvalue weighted by Crippen LogP contribution is -2.35. The van der Waals surface area contributed by atoms with E-state index >= 15 is 0 Å². The summed E-state index contributed by atoms with van der Waals surface area (Å²) in [4.78, 5) is 11.7. The van der Waals surface area contributed by atoms with Crippen LogP contribution in [0, 0.1) is 6.92 Å². The summed E-state index contributed by atoms with van der Waals surface area (Å²) in [7, 11) is 1.62. The number of hydrogen-bond donors (Lipinski definition) is 2. The molecule has 0 aliphatic rings. The monoisotopic (exact) mass is 236 g/mol. The van der Waals surface area contributed by atoms with Gasteiger partial charge in [-0.25, -0.2) is 0 Å². The Labute approximate surface area is 102 Å². The number of benzene rings is 1. The molecule has 0 spiro atoms. The molecular weight excluding hydrogens is 216 g/mol. The number of carbonyl (C=O) groups excluding carboxylic acids is 1. The maximum atomic E-state index is 11.7. The average molecular weight is 236 g/mol. The number of anilines is 1.